The van der Waals surface area contributed by atoms with Gasteiger partial charge in [0.05, 0.1) is 42.1 Å². The highest BCUT2D eigenvalue weighted by Crippen LogP contribution is 2.50. The van der Waals surface area contributed by atoms with Crippen LogP contribution in [0.4, 0.5) is 17.2 Å². The SMILES string of the molecule is CC(OCCO[C@@H]1[C@@H]2O[Si](C(C)C)(C(C)C)O[Si](C(C)C)(C(C)C)OC(C(=O)OCCc3ccc([N+](=O)[O-])cc3)[C@H]2O[C@H]1n1cnc2c(N)ncnc21)c1ccc([N+](=O)[O-])cc1. The number of nitrogens with two attached hydrogens (primary N) is 1. The molecule has 21 heteroatoms. The first-order chi connectivity index (χ1) is 29.4. The number of carbonyl (C=O) groups is 1. The van der Waals surface area contributed by atoms with Crippen LogP contribution in [0.3, 0.4) is 0 Å². The van der Waals surface area contributed by atoms with E-state index in [0.29, 0.717) is 17.6 Å². The largest absolute Gasteiger partial charge is 0.463 e. The van der Waals surface area contributed by atoms with Crippen molar-refractivity contribution in [1.29, 1.82) is 0 Å². The van der Waals surface area contributed by atoms with Crippen LogP contribution < -0.4 is 5.73 Å². The number of rotatable bonds is 17. The number of aromatic nitrogens is 4. The van der Waals surface area contributed by atoms with E-state index in [4.69, 9.17) is 37.6 Å². The van der Waals surface area contributed by atoms with E-state index in [1.165, 1.54) is 36.9 Å². The van der Waals surface area contributed by atoms with Gasteiger partial charge in [-0.15, -0.1) is 0 Å². The van der Waals surface area contributed by atoms with Crippen LogP contribution in [0.15, 0.2) is 61.2 Å². The Labute approximate surface area is 362 Å². The molecule has 2 unspecified atom stereocenters. The van der Waals surface area contributed by atoms with Crippen LogP contribution >= 0.6 is 0 Å². The number of nitro benzene ring substituents is 2. The molecule has 2 saturated heterocycles. The molecule has 62 heavy (non-hydrogen) atoms. The Morgan fingerprint density at radius 2 is 1.37 bits per heavy atom. The van der Waals surface area contributed by atoms with Crippen molar-refractivity contribution < 1.29 is 46.6 Å². The maximum atomic E-state index is 14.6. The van der Waals surface area contributed by atoms with Crippen LogP contribution in [0.5, 0.6) is 0 Å². The minimum absolute atomic E-state index is 0.0203. The number of benzene rings is 2. The third-order valence-corrected chi connectivity index (χ3v) is 22.0. The van der Waals surface area contributed by atoms with Crippen molar-refractivity contribution in [2.45, 2.75) is 128 Å². The standard InChI is InChI=1S/C41H57N7O12Si2/c1-24(2)61(25(3)4)58-35-34(37(59-62(60-61,26(5)6)27(7)8)41(49)56-19-18-29-10-14-31(15-11-29)47(50)51)57-40(46-23-45-33-38(42)43-22-44-39(33)46)36(35)55-21-20-54-28(9)30-12-16-32(17-13-30)48(52)53/h10-17,22-28,34-37,40H,18-21H2,1-9H3,(H2,42,43,44)/t28?,34-,35+,36+,37?,40+/m0/s1. The van der Waals surface area contributed by atoms with Gasteiger partial charge in [0, 0.05) is 30.7 Å². The fourth-order valence-corrected chi connectivity index (χ4v) is 19.5. The van der Waals surface area contributed by atoms with Gasteiger partial charge in [0.2, 0.25) is 0 Å². The Morgan fingerprint density at radius 3 is 1.95 bits per heavy atom. The minimum Gasteiger partial charge on any atom is -0.463 e. The zero-order valence-electron chi connectivity index (χ0n) is 36.5. The zero-order chi connectivity index (χ0) is 45.1. The van der Waals surface area contributed by atoms with Gasteiger partial charge < -0.3 is 37.6 Å². The summed E-state index contributed by atoms with van der Waals surface area (Å²) in [7, 11) is -6.72. The monoisotopic (exact) mass is 895 g/mol. The van der Waals surface area contributed by atoms with Crippen molar-refractivity contribution in [2.24, 2.45) is 0 Å². The van der Waals surface area contributed by atoms with Crippen molar-refractivity contribution >= 4 is 51.4 Å². The van der Waals surface area contributed by atoms with E-state index in [9.17, 15) is 25.0 Å². The van der Waals surface area contributed by atoms with Crippen molar-refractivity contribution in [2.75, 3.05) is 25.6 Å². The minimum atomic E-state index is -3.40. The number of hydrogen-bond donors (Lipinski definition) is 1. The first-order valence-electron chi connectivity index (χ1n) is 20.9. The number of esters is 1. The van der Waals surface area contributed by atoms with Gasteiger partial charge in [-0.2, -0.15) is 0 Å². The van der Waals surface area contributed by atoms with Gasteiger partial charge in [0.15, 0.2) is 23.8 Å². The summed E-state index contributed by atoms with van der Waals surface area (Å²) in [5.74, 6) is -0.515. The van der Waals surface area contributed by atoms with Crippen LogP contribution in [-0.4, -0.2) is 96.7 Å². The molecular weight excluding hydrogens is 839 g/mol. The van der Waals surface area contributed by atoms with Gasteiger partial charge in [-0.1, -0.05) is 67.5 Å². The molecule has 0 saturated carbocycles. The Morgan fingerprint density at radius 1 is 0.790 bits per heavy atom. The molecule has 2 aromatic heterocycles. The van der Waals surface area contributed by atoms with Crippen molar-refractivity contribution in [3.63, 3.8) is 0 Å². The van der Waals surface area contributed by atoms with Crippen LogP contribution in [0.25, 0.3) is 11.2 Å². The summed E-state index contributed by atoms with van der Waals surface area (Å²) in [6, 6.07) is 12.2. The van der Waals surface area contributed by atoms with Crippen LogP contribution in [0, 0.1) is 20.2 Å². The van der Waals surface area contributed by atoms with E-state index in [0.717, 1.165) is 11.1 Å². The molecule has 2 N–H and O–H groups in total. The molecule has 0 amide bonds. The van der Waals surface area contributed by atoms with E-state index in [1.54, 1.807) is 28.8 Å². The van der Waals surface area contributed by atoms with Crippen molar-refractivity contribution in [1.82, 2.24) is 19.5 Å². The highest BCUT2D eigenvalue weighted by atomic mass is 28.5. The van der Waals surface area contributed by atoms with Gasteiger partial charge in [0.25, 0.3) is 11.4 Å². The summed E-state index contributed by atoms with van der Waals surface area (Å²) in [4.78, 5) is 49.3. The average molecular weight is 896 g/mol. The highest BCUT2D eigenvalue weighted by Gasteiger charge is 2.65. The molecule has 0 bridgehead atoms. The summed E-state index contributed by atoms with van der Waals surface area (Å²) < 4.78 is 49.8. The smallest absolute Gasteiger partial charge is 0.336 e. The molecule has 2 fully saturated rings. The molecule has 336 valence electrons. The first-order valence-corrected chi connectivity index (χ1v) is 24.9. The van der Waals surface area contributed by atoms with E-state index in [2.05, 4.69) is 42.6 Å². The normalized spacial score (nSPS) is 22.8. The lowest BCUT2D eigenvalue weighted by molar-refractivity contribution is -0.385. The van der Waals surface area contributed by atoms with E-state index < -0.39 is 69.7 Å². The molecule has 19 nitrogen and oxygen atoms in total. The molecule has 6 rings (SSSR count). The van der Waals surface area contributed by atoms with E-state index in [-0.39, 0.29) is 59.2 Å². The number of nitrogens with zero attached hydrogens (tertiary/aromatic N) is 6. The van der Waals surface area contributed by atoms with Gasteiger partial charge in [0.1, 0.15) is 30.2 Å². The number of fused-ring (bicyclic) bond motifs is 2. The second-order valence-corrected chi connectivity index (χ2v) is 25.7. The van der Waals surface area contributed by atoms with E-state index in [1.807, 2.05) is 34.6 Å². The number of carbonyl (C=O) groups excluding carboxylic acids is 1. The molecule has 0 spiro atoms. The lowest BCUT2D eigenvalue weighted by Crippen LogP contribution is -2.68. The molecule has 0 radical (unpaired) electrons. The first kappa shape index (κ1) is 46.7. The van der Waals surface area contributed by atoms with Gasteiger partial charge >= 0.3 is 23.1 Å². The Bertz CT molecular complexity index is 2180. The van der Waals surface area contributed by atoms with Crippen LogP contribution in [0.2, 0.25) is 22.2 Å². The van der Waals surface area contributed by atoms with E-state index >= 15 is 0 Å². The maximum Gasteiger partial charge on any atom is 0.336 e. The summed E-state index contributed by atoms with van der Waals surface area (Å²) in [6.07, 6.45) is -2.50. The lowest BCUT2D eigenvalue weighted by atomic mass is 10.1. The second-order valence-electron chi connectivity index (χ2n) is 16.9. The van der Waals surface area contributed by atoms with Gasteiger partial charge in [-0.25, -0.2) is 19.7 Å². The summed E-state index contributed by atoms with van der Waals surface area (Å²) in [5, 5.41) is 22.4. The highest BCUT2D eigenvalue weighted by molar-refractivity contribution is 6.84. The number of hydrogen-bond acceptors (Lipinski definition) is 16. The predicted molar refractivity (Wildman–Crippen MR) is 231 cm³/mol. The Kier molecular flexibility index (Phi) is 14.6. The average Bonchev–Trinajstić information content (AvgIpc) is 3.80. The fraction of sp³-hybridized carbons (Fsp3) is 0.561. The predicted octanol–water partition coefficient (Wildman–Crippen LogP) is 7.40. The number of ether oxygens (including phenoxy) is 4. The molecular formula is C41H57N7O12Si2. The van der Waals surface area contributed by atoms with Crippen LogP contribution in [0.1, 0.15) is 85.8 Å². The van der Waals surface area contributed by atoms with Gasteiger partial charge in [-0.05, 0) is 52.3 Å². The van der Waals surface area contributed by atoms with Gasteiger partial charge in [-0.3, -0.25) is 24.8 Å². The molecule has 2 aliphatic rings. The van der Waals surface area contributed by atoms with Crippen molar-refractivity contribution in [3.8, 4) is 0 Å². The Balaban J connectivity index is 1.38. The molecule has 4 heterocycles. The Hall–Kier alpha value is -4.75. The number of non-ortho nitro benzene ring substituents is 2. The summed E-state index contributed by atoms with van der Waals surface area (Å²) in [6.45, 7) is 18.5. The quantitative estimate of drug-likeness (QED) is 0.0357. The second kappa shape index (κ2) is 19.3. The summed E-state index contributed by atoms with van der Waals surface area (Å²) in [5.41, 5.74) is 7.98. The number of nitro groups is 2. The number of imidazole rings is 1. The number of nitrogen functional groups attached to an aromatic ring is 1. The molecule has 2 aliphatic heterocycles. The lowest BCUT2D eigenvalue weighted by Gasteiger charge is -2.52. The maximum absolute atomic E-state index is 14.6. The summed E-state index contributed by atoms with van der Waals surface area (Å²) >= 11 is 0. The molecule has 0 aliphatic carbocycles. The third-order valence-electron chi connectivity index (χ3n) is 11.7. The number of anilines is 1. The molecule has 6 atom stereocenters. The topological polar surface area (TPSA) is 238 Å². The zero-order valence-corrected chi connectivity index (χ0v) is 38.5. The molecule has 2 aromatic carbocycles. The third kappa shape index (κ3) is 9.44. The van der Waals surface area contributed by atoms with Crippen molar-refractivity contribution in [3.05, 3.63) is 92.5 Å². The van der Waals surface area contributed by atoms with Crippen LogP contribution in [-0.2, 0) is 43.1 Å². The molecule has 4 aromatic rings. The fourth-order valence-electron chi connectivity index (χ4n) is 8.32.